The number of rotatable bonds is 4. The summed E-state index contributed by atoms with van der Waals surface area (Å²) in [7, 11) is 0. The van der Waals surface area contributed by atoms with Gasteiger partial charge in [-0.15, -0.1) is 5.10 Å². The molecule has 0 bridgehead atoms. The van der Waals surface area contributed by atoms with E-state index < -0.39 is 0 Å². The highest BCUT2D eigenvalue weighted by atomic mass is 35.5. The number of amides is 1. The molecule has 3 rings (SSSR count). The molecule has 1 heterocycles. The molecule has 1 saturated heterocycles. The van der Waals surface area contributed by atoms with Crippen molar-refractivity contribution in [3.63, 3.8) is 0 Å². The van der Waals surface area contributed by atoms with Gasteiger partial charge in [0.25, 0.3) is 0 Å². The van der Waals surface area contributed by atoms with E-state index in [-0.39, 0.29) is 5.91 Å². The fourth-order valence-electron chi connectivity index (χ4n) is 1.80. The predicted octanol–water partition coefficient (Wildman–Crippen LogP) is 3.69. The molecule has 1 aliphatic heterocycles. The van der Waals surface area contributed by atoms with Crippen LogP contribution in [0.3, 0.4) is 0 Å². The van der Waals surface area contributed by atoms with E-state index in [1.165, 1.54) is 11.8 Å². The van der Waals surface area contributed by atoms with Gasteiger partial charge in [0.1, 0.15) is 11.5 Å². The minimum atomic E-state index is -0.0509. The van der Waals surface area contributed by atoms with Gasteiger partial charge in [0, 0.05) is 0 Å². The van der Waals surface area contributed by atoms with Crippen LogP contribution in [0.5, 0.6) is 11.5 Å². The molecule has 1 N–H and O–H groups in total. The Kier molecular flexibility index (Phi) is 4.95. The molecule has 0 radical (unpaired) electrons. The third-order valence-corrected chi connectivity index (χ3v) is 4.06. The molecule has 2 aromatic carbocycles. The first-order chi connectivity index (χ1) is 11.2. The minimum Gasteiger partial charge on any atom is -0.456 e. The molecule has 23 heavy (non-hydrogen) atoms. The van der Waals surface area contributed by atoms with E-state index in [0.717, 1.165) is 5.56 Å². The maximum Gasteiger partial charge on any atom is 0.236 e. The zero-order valence-electron chi connectivity index (χ0n) is 11.9. The first kappa shape index (κ1) is 15.6. The number of para-hydroxylation sites is 1. The number of hydrogen-bond acceptors (Lipinski definition) is 5. The van der Waals surface area contributed by atoms with Crippen molar-refractivity contribution in [1.29, 1.82) is 0 Å². The number of hydrogen-bond donors (Lipinski definition) is 1. The van der Waals surface area contributed by atoms with Crippen LogP contribution in [-0.4, -0.2) is 23.0 Å². The van der Waals surface area contributed by atoms with Crippen LogP contribution < -0.4 is 10.1 Å². The van der Waals surface area contributed by atoms with E-state index in [9.17, 15) is 4.79 Å². The van der Waals surface area contributed by atoms with Gasteiger partial charge < -0.3 is 10.1 Å². The highest BCUT2D eigenvalue weighted by molar-refractivity contribution is 8.15. The Hall–Kier alpha value is -2.31. The zero-order valence-corrected chi connectivity index (χ0v) is 13.5. The number of nitrogens with zero attached hydrogens (tertiary/aromatic N) is 2. The van der Waals surface area contributed by atoms with E-state index in [0.29, 0.717) is 27.4 Å². The maximum absolute atomic E-state index is 11.0. The van der Waals surface area contributed by atoms with Gasteiger partial charge >= 0.3 is 0 Å². The Labute approximate surface area is 142 Å². The summed E-state index contributed by atoms with van der Waals surface area (Å²) < 4.78 is 5.71. The second-order valence-electron chi connectivity index (χ2n) is 4.59. The lowest BCUT2D eigenvalue weighted by atomic mass is 10.2. The van der Waals surface area contributed by atoms with Crippen molar-refractivity contribution in [2.45, 2.75) is 0 Å². The van der Waals surface area contributed by atoms with Crippen molar-refractivity contribution in [2.24, 2.45) is 10.2 Å². The lowest BCUT2D eigenvalue weighted by Gasteiger charge is -2.07. The third-order valence-electron chi connectivity index (χ3n) is 2.89. The molecule has 0 unspecified atom stereocenters. The number of carbonyl (C=O) groups excluding carboxylic acids is 1. The van der Waals surface area contributed by atoms with E-state index >= 15 is 0 Å². The first-order valence-electron chi connectivity index (χ1n) is 6.77. The summed E-state index contributed by atoms with van der Waals surface area (Å²) in [5.74, 6) is 1.63. The van der Waals surface area contributed by atoms with Crippen LogP contribution in [0.4, 0.5) is 0 Å². The molecule has 0 aliphatic carbocycles. The van der Waals surface area contributed by atoms with Crippen LogP contribution >= 0.6 is 23.4 Å². The molecular weight excluding hydrogens is 334 g/mol. The highest BCUT2D eigenvalue weighted by Gasteiger charge is 2.15. The van der Waals surface area contributed by atoms with Gasteiger partial charge in [0.2, 0.25) is 5.91 Å². The zero-order chi connectivity index (χ0) is 16.1. The Morgan fingerprint density at radius 1 is 1.17 bits per heavy atom. The summed E-state index contributed by atoms with van der Waals surface area (Å²) in [6, 6.07) is 14.7. The second-order valence-corrected chi connectivity index (χ2v) is 5.96. The molecule has 0 spiro atoms. The van der Waals surface area contributed by atoms with Gasteiger partial charge in [0.15, 0.2) is 5.17 Å². The molecule has 1 fully saturated rings. The van der Waals surface area contributed by atoms with Crippen LogP contribution in [-0.2, 0) is 4.79 Å². The average Bonchev–Trinajstić information content (AvgIpc) is 2.97. The van der Waals surface area contributed by atoms with Crippen LogP contribution in [0.25, 0.3) is 0 Å². The van der Waals surface area contributed by atoms with Crippen molar-refractivity contribution in [3.05, 3.63) is 59.1 Å². The largest absolute Gasteiger partial charge is 0.456 e. The average molecular weight is 346 g/mol. The number of thioether (sulfide) groups is 1. The van der Waals surface area contributed by atoms with Gasteiger partial charge in [0.05, 0.1) is 17.0 Å². The van der Waals surface area contributed by atoms with E-state index in [2.05, 4.69) is 15.5 Å². The van der Waals surface area contributed by atoms with E-state index in [4.69, 9.17) is 16.3 Å². The Bertz CT molecular complexity index is 775. The maximum atomic E-state index is 11.0. The van der Waals surface area contributed by atoms with Crippen LogP contribution in [0.1, 0.15) is 5.56 Å². The van der Waals surface area contributed by atoms with Gasteiger partial charge in [-0.05, 0) is 42.0 Å². The number of halogens is 1. The summed E-state index contributed by atoms with van der Waals surface area (Å²) in [6.45, 7) is 0. The molecule has 1 aliphatic rings. The quantitative estimate of drug-likeness (QED) is 0.679. The molecule has 1 amide bonds. The monoisotopic (exact) mass is 345 g/mol. The fourth-order valence-corrected chi connectivity index (χ4v) is 2.61. The molecule has 7 heteroatoms. The highest BCUT2D eigenvalue weighted by Crippen LogP contribution is 2.28. The Morgan fingerprint density at radius 2 is 1.96 bits per heavy atom. The predicted molar refractivity (Wildman–Crippen MR) is 93.6 cm³/mol. The number of amidine groups is 1. The molecular formula is C16H12ClN3O2S. The van der Waals surface area contributed by atoms with Crippen LogP contribution in [0.15, 0.2) is 58.7 Å². The normalized spacial score (nSPS) is 16.0. The molecule has 0 saturated carbocycles. The summed E-state index contributed by atoms with van der Waals surface area (Å²) in [4.78, 5) is 11.0. The van der Waals surface area contributed by atoms with Crippen LogP contribution in [0, 0.1) is 0 Å². The topological polar surface area (TPSA) is 63.0 Å². The van der Waals surface area contributed by atoms with Crippen molar-refractivity contribution >= 4 is 40.7 Å². The number of ether oxygens (including phenoxy) is 1. The second kappa shape index (κ2) is 7.30. The van der Waals surface area contributed by atoms with Gasteiger partial charge in [-0.2, -0.15) is 5.10 Å². The van der Waals surface area contributed by atoms with Gasteiger partial charge in [-0.1, -0.05) is 35.5 Å². The lowest BCUT2D eigenvalue weighted by Crippen LogP contribution is -2.19. The number of carbonyl (C=O) groups is 1. The lowest BCUT2D eigenvalue weighted by molar-refractivity contribution is -0.116. The van der Waals surface area contributed by atoms with E-state index in [1.807, 2.05) is 36.4 Å². The Balaban J connectivity index is 1.63. The summed E-state index contributed by atoms with van der Waals surface area (Å²) in [5, 5.41) is 11.6. The van der Waals surface area contributed by atoms with Crippen LogP contribution in [0.2, 0.25) is 5.02 Å². The molecule has 5 nitrogen and oxygen atoms in total. The summed E-state index contributed by atoms with van der Waals surface area (Å²) in [5.41, 5.74) is 0.871. The number of nitrogens with one attached hydrogen (secondary N) is 1. The Morgan fingerprint density at radius 3 is 2.65 bits per heavy atom. The smallest absolute Gasteiger partial charge is 0.236 e. The van der Waals surface area contributed by atoms with Crippen molar-refractivity contribution in [2.75, 3.05) is 5.75 Å². The molecule has 116 valence electrons. The van der Waals surface area contributed by atoms with E-state index in [1.54, 1.807) is 18.3 Å². The summed E-state index contributed by atoms with van der Waals surface area (Å²) in [6.07, 6.45) is 1.61. The van der Waals surface area contributed by atoms with Gasteiger partial charge in [-0.3, -0.25) is 4.79 Å². The molecule has 2 aromatic rings. The SMILES string of the molecule is O=C1CSC(=NN=Cc2ccc(Oc3ccccc3Cl)cc2)N1. The summed E-state index contributed by atoms with van der Waals surface area (Å²) >= 11 is 7.39. The molecule has 0 aromatic heterocycles. The minimum absolute atomic E-state index is 0.0509. The third kappa shape index (κ3) is 4.34. The standard InChI is InChI=1S/C16H12ClN3O2S/c17-13-3-1-2-4-14(13)22-12-7-5-11(6-8-12)9-18-20-16-19-15(21)10-23-16/h1-9H,10H2,(H,19,20,21). The van der Waals surface area contributed by atoms with Crippen molar-refractivity contribution in [1.82, 2.24) is 5.32 Å². The van der Waals surface area contributed by atoms with Gasteiger partial charge in [-0.25, -0.2) is 0 Å². The van der Waals surface area contributed by atoms with Crippen molar-refractivity contribution < 1.29 is 9.53 Å². The van der Waals surface area contributed by atoms with Crippen molar-refractivity contribution in [3.8, 4) is 11.5 Å². The molecule has 0 atom stereocenters. The first-order valence-corrected chi connectivity index (χ1v) is 8.13. The number of benzene rings is 2. The fraction of sp³-hybridized carbons (Fsp3) is 0.0625.